The van der Waals surface area contributed by atoms with Gasteiger partial charge in [-0.15, -0.1) is 11.3 Å². The number of aliphatic hydroxyl groups excluding tert-OH is 1. The van der Waals surface area contributed by atoms with Gasteiger partial charge in [-0.2, -0.15) is 8.78 Å². The normalized spacial score (nSPS) is 13.6. The van der Waals surface area contributed by atoms with Crippen LogP contribution in [0.15, 0.2) is 6.20 Å². The van der Waals surface area contributed by atoms with E-state index >= 15 is 0 Å². The summed E-state index contributed by atoms with van der Waals surface area (Å²) in [6, 6.07) is 0. The molecule has 8 heteroatoms. The Morgan fingerprint density at radius 3 is 2.88 bits per heavy atom. The number of aliphatic hydroxyl groups is 1. The van der Waals surface area contributed by atoms with Crippen molar-refractivity contribution >= 4 is 28.9 Å². The number of carbonyl (C=O) groups excluding carboxylic acids is 1. The molecular weight excluding hydrogens is 264 g/mol. The summed E-state index contributed by atoms with van der Waals surface area (Å²) in [5, 5.41) is 8.97. The lowest BCUT2D eigenvalue weighted by molar-refractivity contribution is -0.189. The third-order valence-corrected chi connectivity index (χ3v) is 2.79. The van der Waals surface area contributed by atoms with Crippen molar-refractivity contribution in [3.63, 3.8) is 0 Å². The van der Waals surface area contributed by atoms with Gasteiger partial charge in [0.2, 0.25) is 0 Å². The second-order valence-corrected chi connectivity index (χ2v) is 4.44. The minimum absolute atomic E-state index is 0.147. The molecule has 0 saturated carbocycles. The van der Waals surface area contributed by atoms with Crippen molar-refractivity contribution < 1.29 is 23.4 Å². The van der Waals surface area contributed by atoms with Crippen molar-refractivity contribution in [1.82, 2.24) is 4.98 Å². The summed E-state index contributed by atoms with van der Waals surface area (Å²) < 4.78 is 30.9. The number of ether oxygens (including phenoxy) is 1. The highest BCUT2D eigenvalue weighted by atomic mass is 35.5. The maximum Gasteiger partial charge on any atom is 0.380 e. The van der Waals surface area contributed by atoms with E-state index in [1.54, 1.807) is 0 Å². The van der Waals surface area contributed by atoms with Gasteiger partial charge in [0, 0.05) is 0 Å². The maximum absolute atomic E-state index is 13.3. The van der Waals surface area contributed by atoms with Crippen LogP contribution in [-0.2, 0) is 9.53 Å². The van der Waals surface area contributed by atoms with Crippen molar-refractivity contribution in [2.75, 3.05) is 6.61 Å². The minimum Gasteiger partial charge on any atom is -0.461 e. The number of aromatic nitrogens is 1. The smallest absolute Gasteiger partial charge is 0.380 e. The standard InChI is InChI=1S/C8H8ClF2NO3S/c1-2-15-7(14)8(10,11)5(13)6-12-3-4(9)16-6/h3,5,13H,2H2,1H3. The van der Waals surface area contributed by atoms with Gasteiger partial charge in [-0.25, -0.2) is 9.78 Å². The number of thiazole rings is 1. The second-order valence-electron chi connectivity index (χ2n) is 2.75. The molecule has 0 aliphatic rings. The van der Waals surface area contributed by atoms with Crippen LogP contribution in [0.25, 0.3) is 0 Å². The van der Waals surface area contributed by atoms with E-state index in [1.807, 2.05) is 0 Å². The zero-order valence-corrected chi connectivity index (χ0v) is 9.69. The zero-order valence-electron chi connectivity index (χ0n) is 8.11. The first-order valence-corrected chi connectivity index (χ1v) is 5.43. The van der Waals surface area contributed by atoms with Gasteiger partial charge in [0.25, 0.3) is 0 Å². The Morgan fingerprint density at radius 1 is 1.81 bits per heavy atom. The third kappa shape index (κ3) is 2.66. The molecule has 90 valence electrons. The molecule has 0 radical (unpaired) electrons. The maximum atomic E-state index is 13.3. The molecule has 1 heterocycles. The highest BCUT2D eigenvalue weighted by Gasteiger charge is 2.50. The van der Waals surface area contributed by atoms with Gasteiger partial charge >= 0.3 is 11.9 Å². The van der Waals surface area contributed by atoms with E-state index in [-0.39, 0.29) is 16.0 Å². The predicted molar refractivity (Wildman–Crippen MR) is 53.7 cm³/mol. The molecule has 1 N–H and O–H groups in total. The van der Waals surface area contributed by atoms with Gasteiger partial charge in [-0.3, -0.25) is 0 Å². The molecule has 1 unspecified atom stereocenters. The number of nitrogens with zero attached hydrogens (tertiary/aromatic N) is 1. The van der Waals surface area contributed by atoms with Crippen LogP contribution in [0.3, 0.4) is 0 Å². The summed E-state index contributed by atoms with van der Waals surface area (Å²) in [6.45, 7) is 1.19. The highest BCUT2D eigenvalue weighted by Crippen LogP contribution is 2.35. The van der Waals surface area contributed by atoms with E-state index in [0.29, 0.717) is 11.3 Å². The molecule has 0 fully saturated rings. The Balaban J connectivity index is 2.87. The number of carbonyl (C=O) groups is 1. The topological polar surface area (TPSA) is 59.4 Å². The summed E-state index contributed by atoms with van der Waals surface area (Å²) >= 11 is 6.15. The first-order chi connectivity index (χ1) is 7.39. The molecule has 16 heavy (non-hydrogen) atoms. The number of halogens is 3. The van der Waals surface area contributed by atoms with Gasteiger partial charge in [0.05, 0.1) is 12.8 Å². The molecule has 0 aromatic carbocycles. The Labute approximate surface area is 98.8 Å². The van der Waals surface area contributed by atoms with Gasteiger partial charge in [0.15, 0.2) is 6.10 Å². The van der Waals surface area contributed by atoms with Crippen molar-refractivity contribution in [3.8, 4) is 0 Å². The molecule has 4 nitrogen and oxygen atoms in total. The SMILES string of the molecule is CCOC(=O)C(F)(F)C(O)c1ncc(Cl)s1. The summed E-state index contributed by atoms with van der Waals surface area (Å²) in [7, 11) is 0. The van der Waals surface area contributed by atoms with Crippen molar-refractivity contribution in [3.05, 3.63) is 15.5 Å². The molecule has 0 aliphatic carbocycles. The average Bonchev–Trinajstić information content (AvgIpc) is 2.64. The second kappa shape index (κ2) is 5.03. The Hall–Kier alpha value is -0.790. The molecular formula is C8H8ClF2NO3S. The van der Waals surface area contributed by atoms with Crippen LogP contribution in [0.2, 0.25) is 4.34 Å². The number of alkyl halides is 2. The summed E-state index contributed by atoms with van der Waals surface area (Å²) in [5.41, 5.74) is 0. The largest absolute Gasteiger partial charge is 0.461 e. The van der Waals surface area contributed by atoms with E-state index < -0.39 is 18.0 Å². The van der Waals surface area contributed by atoms with E-state index in [9.17, 15) is 18.7 Å². The van der Waals surface area contributed by atoms with Crippen molar-refractivity contribution in [1.29, 1.82) is 0 Å². The highest BCUT2D eigenvalue weighted by molar-refractivity contribution is 7.15. The third-order valence-electron chi connectivity index (χ3n) is 1.62. The first kappa shape index (κ1) is 13.3. The van der Waals surface area contributed by atoms with Crippen LogP contribution >= 0.6 is 22.9 Å². The number of esters is 1. The number of rotatable bonds is 4. The fourth-order valence-corrected chi connectivity index (χ4v) is 1.84. The Kier molecular flexibility index (Phi) is 4.17. The molecule has 0 amide bonds. The van der Waals surface area contributed by atoms with Crippen LogP contribution in [0.1, 0.15) is 18.0 Å². The van der Waals surface area contributed by atoms with Crippen LogP contribution in [0.4, 0.5) is 8.78 Å². The summed E-state index contributed by atoms with van der Waals surface area (Å²) in [5.74, 6) is -5.81. The Bertz CT molecular complexity index is 385. The monoisotopic (exact) mass is 271 g/mol. The summed E-state index contributed by atoms with van der Waals surface area (Å²) in [6.07, 6.45) is -1.23. The number of hydrogen-bond acceptors (Lipinski definition) is 5. The predicted octanol–water partition coefficient (Wildman–Crippen LogP) is 2.03. The molecule has 0 aliphatic heterocycles. The van der Waals surface area contributed by atoms with Crippen LogP contribution in [-0.4, -0.2) is 28.6 Å². The lowest BCUT2D eigenvalue weighted by Gasteiger charge is -2.18. The summed E-state index contributed by atoms with van der Waals surface area (Å²) in [4.78, 5) is 14.4. The molecule has 1 aromatic heterocycles. The first-order valence-electron chi connectivity index (χ1n) is 4.24. The molecule has 0 spiro atoms. The van der Waals surface area contributed by atoms with E-state index in [1.165, 1.54) is 6.92 Å². The van der Waals surface area contributed by atoms with Gasteiger partial charge in [-0.05, 0) is 6.92 Å². The lowest BCUT2D eigenvalue weighted by atomic mass is 10.2. The molecule has 1 atom stereocenters. The molecule has 0 bridgehead atoms. The fraction of sp³-hybridized carbons (Fsp3) is 0.500. The van der Waals surface area contributed by atoms with Crippen LogP contribution in [0, 0.1) is 0 Å². The van der Waals surface area contributed by atoms with Crippen molar-refractivity contribution in [2.45, 2.75) is 19.0 Å². The van der Waals surface area contributed by atoms with Gasteiger partial charge in [0.1, 0.15) is 9.34 Å². The molecule has 1 aromatic rings. The molecule has 0 saturated heterocycles. The van der Waals surface area contributed by atoms with Crippen molar-refractivity contribution in [2.24, 2.45) is 0 Å². The van der Waals surface area contributed by atoms with Crippen LogP contribution < -0.4 is 0 Å². The van der Waals surface area contributed by atoms with Gasteiger partial charge < -0.3 is 9.84 Å². The van der Waals surface area contributed by atoms with E-state index in [4.69, 9.17) is 11.6 Å². The van der Waals surface area contributed by atoms with Crippen LogP contribution in [0.5, 0.6) is 0 Å². The molecule has 1 rings (SSSR count). The zero-order chi connectivity index (χ0) is 12.3. The lowest BCUT2D eigenvalue weighted by Crippen LogP contribution is -2.37. The van der Waals surface area contributed by atoms with Gasteiger partial charge in [-0.1, -0.05) is 11.6 Å². The number of hydrogen-bond donors (Lipinski definition) is 1. The quantitative estimate of drug-likeness (QED) is 0.851. The fourth-order valence-electron chi connectivity index (χ4n) is 0.887. The average molecular weight is 272 g/mol. The minimum atomic E-state index is -4.03. The Morgan fingerprint density at radius 2 is 2.44 bits per heavy atom. The van der Waals surface area contributed by atoms with E-state index in [0.717, 1.165) is 6.20 Å². The van der Waals surface area contributed by atoms with E-state index in [2.05, 4.69) is 9.72 Å².